The van der Waals surface area contributed by atoms with Crippen LogP contribution in [-0.2, 0) is 6.42 Å². The lowest BCUT2D eigenvalue weighted by Gasteiger charge is -2.05. The predicted molar refractivity (Wildman–Crippen MR) is 81.5 cm³/mol. The molecule has 2 aromatic rings. The Hall–Kier alpha value is -1.26. The molecule has 0 atom stereocenters. The molecule has 1 N–H and O–H groups in total. The van der Waals surface area contributed by atoms with E-state index in [9.17, 15) is 0 Å². The van der Waals surface area contributed by atoms with E-state index in [1.807, 2.05) is 0 Å². The van der Waals surface area contributed by atoms with Gasteiger partial charge in [-0.2, -0.15) is 0 Å². The minimum Gasteiger partial charge on any atom is -0.315 e. The summed E-state index contributed by atoms with van der Waals surface area (Å²) >= 11 is 1.70. The van der Waals surface area contributed by atoms with Crippen LogP contribution in [0.3, 0.4) is 0 Å². The lowest BCUT2D eigenvalue weighted by molar-refractivity contribution is 0.569. The van der Waals surface area contributed by atoms with E-state index < -0.39 is 0 Å². The Balaban J connectivity index is 1.92. The van der Waals surface area contributed by atoms with Crippen LogP contribution < -0.4 is 5.32 Å². The molecule has 0 aliphatic rings. The molecule has 0 fully saturated rings. The van der Waals surface area contributed by atoms with Crippen LogP contribution in [0.4, 0.5) is 0 Å². The first kappa shape index (κ1) is 14.2. The van der Waals surface area contributed by atoms with Gasteiger partial charge >= 0.3 is 0 Å². The van der Waals surface area contributed by atoms with Crippen molar-refractivity contribution in [1.29, 1.82) is 0 Å². The van der Waals surface area contributed by atoms with Crippen molar-refractivity contribution < 1.29 is 0 Å². The fourth-order valence-corrected chi connectivity index (χ4v) is 2.76. The molecule has 0 saturated heterocycles. The molecule has 0 amide bonds. The fraction of sp³-hybridized carbons (Fsp3) is 0.467. The first-order valence-electron chi connectivity index (χ1n) is 6.78. The molecule has 3 nitrogen and oxygen atoms in total. The molecule has 0 aliphatic heterocycles. The van der Waals surface area contributed by atoms with Crippen molar-refractivity contribution in [1.82, 2.24) is 15.5 Å². The van der Waals surface area contributed by atoms with E-state index in [0.29, 0.717) is 6.04 Å². The summed E-state index contributed by atoms with van der Waals surface area (Å²) in [5.74, 6) is 0. The standard InChI is InChI=1S/C15H21N3S/c1-11(2)16-9-5-8-14-17-18-15(19-14)13-7-4-6-12(3)10-13/h4,6-7,10-11,16H,5,8-9H2,1-3H3. The summed E-state index contributed by atoms with van der Waals surface area (Å²) in [7, 11) is 0. The van der Waals surface area contributed by atoms with Crippen molar-refractivity contribution in [3.8, 4) is 10.6 Å². The molecule has 0 aliphatic carbocycles. The normalized spacial score (nSPS) is 11.2. The van der Waals surface area contributed by atoms with E-state index in [4.69, 9.17) is 0 Å². The third-order valence-electron chi connectivity index (χ3n) is 2.85. The van der Waals surface area contributed by atoms with Crippen LogP contribution in [0, 0.1) is 6.92 Å². The van der Waals surface area contributed by atoms with Gasteiger partial charge in [0.2, 0.25) is 0 Å². The van der Waals surface area contributed by atoms with E-state index in [-0.39, 0.29) is 0 Å². The van der Waals surface area contributed by atoms with E-state index in [1.165, 1.54) is 11.1 Å². The number of aryl methyl sites for hydroxylation is 2. The first-order valence-corrected chi connectivity index (χ1v) is 7.59. The van der Waals surface area contributed by atoms with Crippen LogP contribution in [-0.4, -0.2) is 22.8 Å². The van der Waals surface area contributed by atoms with Gasteiger partial charge in [-0.3, -0.25) is 0 Å². The molecule has 0 radical (unpaired) electrons. The van der Waals surface area contributed by atoms with Gasteiger partial charge in [-0.15, -0.1) is 10.2 Å². The average molecular weight is 275 g/mol. The van der Waals surface area contributed by atoms with Gasteiger partial charge in [0, 0.05) is 18.0 Å². The third kappa shape index (κ3) is 4.40. The van der Waals surface area contributed by atoms with Gasteiger partial charge in [0.15, 0.2) is 0 Å². The Morgan fingerprint density at radius 2 is 2.11 bits per heavy atom. The van der Waals surface area contributed by atoms with E-state index in [1.54, 1.807) is 11.3 Å². The summed E-state index contributed by atoms with van der Waals surface area (Å²) < 4.78 is 0. The van der Waals surface area contributed by atoms with Crippen LogP contribution in [0.25, 0.3) is 10.6 Å². The monoisotopic (exact) mass is 275 g/mol. The number of rotatable bonds is 6. The Kier molecular flexibility index (Phi) is 5.05. The highest BCUT2D eigenvalue weighted by Gasteiger charge is 2.06. The van der Waals surface area contributed by atoms with Gasteiger partial charge in [-0.1, -0.05) is 48.9 Å². The highest BCUT2D eigenvalue weighted by Crippen LogP contribution is 2.24. The van der Waals surface area contributed by atoms with Gasteiger partial charge in [0.1, 0.15) is 10.0 Å². The van der Waals surface area contributed by atoms with Crippen LogP contribution in [0.15, 0.2) is 24.3 Å². The molecule has 1 aromatic heterocycles. The van der Waals surface area contributed by atoms with E-state index in [2.05, 4.69) is 60.6 Å². The second-order valence-electron chi connectivity index (χ2n) is 5.08. The second-order valence-corrected chi connectivity index (χ2v) is 6.14. The predicted octanol–water partition coefficient (Wildman–Crippen LogP) is 3.44. The molecule has 1 heterocycles. The van der Waals surface area contributed by atoms with Crippen molar-refractivity contribution >= 4 is 11.3 Å². The smallest absolute Gasteiger partial charge is 0.147 e. The van der Waals surface area contributed by atoms with Crippen molar-refractivity contribution in [3.05, 3.63) is 34.8 Å². The van der Waals surface area contributed by atoms with Gasteiger partial charge in [0.25, 0.3) is 0 Å². The molecule has 0 saturated carbocycles. The second kappa shape index (κ2) is 6.78. The first-order chi connectivity index (χ1) is 9.15. The lowest BCUT2D eigenvalue weighted by Crippen LogP contribution is -2.23. The summed E-state index contributed by atoms with van der Waals surface area (Å²) in [5.41, 5.74) is 2.43. The maximum absolute atomic E-state index is 4.29. The van der Waals surface area contributed by atoms with Gasteiger partial charge in [0.05, 0.1) is 0 Å². The summed E-state index contributed by atoms with van der Waals surface area (Å²) in [6.07, 6.45) is 2.11. The van der Waals surface area contributed by atoms with Gasteiger partial charge in [-0.05, 0) is 26.0 Å². The SMILES string of the molecule is Cc1cccc(-c2nnc(CCCNC(C)C)s2)c1. The highest BCUT2D eigenvalue weighted by molar-refractivity contribution is 7.14. The maximum Gasteiger partial charge on any atom is 0.147 e. The Morgan fingerprint density at radius 3 is 2.84 bits per heavy atom. The van der Waals surface area contributed by atoms with Gasteiger partial charge < -0.3 is 5.32 Å². The molecule has 19 heavy (non-hydrogen) atoms. The number of nitrogens with zero attached hydrogens (tertiary/aromatic N) is 2. The van der Waals surface area contributed by atoms with Crippen LogP contribution in [0.2, 0.25) is 0 Å². The minimum absolute atomic E-state index is 0.553. The number of hydrogen-bond acceptors (Lipinski definition) is 4. The third-order valence-corrected chi connectivity index (χ3v) is 3.88. The van der Waals surface area contributed by atoms with Crippen LogP contribution >= 0.6 is 11.3 Å². The van der Waals surface area contributed by atoms with Crippen molar-refractivity contribution in [2.75, 3.05) is 6.54 Å². The zero-order valence-electron chi connectivity index (χ0n) is 11.8. The van der Waals surface area contributed by atoms with Crippen molar-refractivity contribution in [2.45, 2.75) is 39.7 Å². The molecule has 102 valence electrons. The topological polar surface area (TPSA) is 37.8 Å². The van der Waals surface area contributed by atoms with Gasteiger partial charge in [-0.25, -0.2) is 0 Å². The molecular formula is C15H21N3S. The lowest BCUT2D eigenvalue weighted by atomic mass is 10.1. The summed E-state index contributed by atoms with van der Waals surface area (Å²) in [6.45, 7) is 7.47. The maximum atomic E-state index is 4.29. The van der Waals surface area contributed by atoms with Crippen LogP contribution in [0.1, 0.15) is 30.8 Å². The molecular weight excluding hydrogens is 254 g/mol. The number of hydrogen-bond donors (Lipinski definition) is 1. The van der Waals surface area contributed by atoms with Crippen molar-refractivity contribution in [2.24, 2.45) is 0 Å². The quantitative estimate of drug-likeness (QED) is 0.821. The fourth-order valence-electron chi connectivity index (χ4n) is 1.88. The summed E-state index contributed by atoms with van der Waals surface area (Å²) in [6, 6.07) is 8.97. The molecule has 4 heteroatoms. The zero-order valence-corrected chi connectivity index (χ0v) is 12.6. The molecule has 0 bridgehead atoms. The molecule has 1 aromatic carbocycles. The highest BCUT2D eigenvalue weighted by atomic mass is 32.1. The number of benzene rings is 1. The van der Waals surface area contributed by atoms with E-state index >= 15 is 0 Å². The molecule has 0 unspecified atom stereocenters. The summed E-state index contributed by atoms with van der Waals surface area (Å²) in [4.78, 5) is 0. The van der Waals surface area contributed by atoms with Crippen molar-refractivity contribution in [3.63, 3.8) is 0 Å². The zero-order chi connectivity index (χ0) is 13.7. The Morgan fingerprint density at radius 1 is 1.26 bits per heavy atom. The Bertz CT molecular complexity index is 520. The van der Waals surface area contributed by atoms with Crippen LogP contribution in [0.5, 0.6) is 0 Å². The summed E-state index contributed by atoms with van der Waals surface area (Å²) in [5, 5.41) is 14.1. The Labute approximate surface area is 119 Å². The molecule has 2 rings (SSSR count). The largest absolute Gasteiger partial charge is 0.315 e. The number of aromatic nitrogens is 2. The van der Waals surface area contributed by atoms with E-state index in [0.717, 1.165) is 29.4 Å². The molecule has 0 spiro atoms. The number of nitrogens with one attached hydrogen (secondary N) is 1. The minimum atomic E-state index is 0.553. The average Bonchev–Trinajstić information content (AvgIpc) is 2.83.